The average Bonchev–Trinajstić information content (AvgIpc) is 2.93. The molecule has 1 amide bonds. The Morgan fingerprint density at radius 2 is 1.66 bits per heavy atom. The molecule has 0 spiro atoms. The summed E-state index contributed by atoms with van der Waals surface area (Å²) in [6.45, 7) is 5.04. The van der Waals surface area contributed by atoms with Crippen molar-refractivity contribution in [2.75, 3.05) is 44.8 Å². The largest absolute Gasteiger partial charge is 0.497 e. The number of fused-ring (bicyclic) bond motifs is 1. The van der Waals surface area contributed by atoms with E-state index >= 15 is 0 Å². The van der Waals surface area contributed by atoms with Crippen LogP contribution in [-0.4, -0.2) is 60.9 Å². The monoisotopic (exact) mass is 468 g/mol. The van der Waals surface area contributed by atoms with Crippen molar-refractivity contribution in [3.63, 3.8) is 0 Å². The van der Waals surface area contributed by atoms with Crippen molar-refractivity contribution < 1.29 is 14.3 Å². The molecule has 2 heterocycles. The Kier molecular flexibility index (Phi) is 6.48. The van der Waals surface area contributed by atoms with E-state index in [0.717, 1.165) is 33.6 Å². The Labute approximate surface area is 204 Å². The van der Waals surface area contributed by atoms with Crippen LogP contribution >= 0.6 is 0 Å². The fraction of sp³-hybridized carbons (Fsp3) is 0.250. The Morgan fingerprint density at radius 3 is 2.34 bits per heavy atom. The van der Waals surface area contributed by atoms with E-state index in [9.17, 15) is 4.79 Å². The molecule has 1 aromatic heterocycles. The second-order valence-electron chi connectivity index (χ2n) is 8.38. The van der Waals surface area contributed by atoms with Crippen LogP contribution in [0.15, 0.2) is 72.8 Å². The maximum Gasteiger partial charge on any atom is 0.258 e. The number of carbonyl (C=O) groups excluding carboxylic acids is 1. The van der Waals surface area contributed by atoms with Gasteiger partial charge in [0.05, 0.1) is 25.0 Å². The predicted octanol–water partition coefficient (Wildman–Crippen LogP) is 4.67. The number of hydrogen-bond acceptors (Lipinski definition) is 6. The highest BCUT2D eigenvalue weighted by atomic mass is 16.5. The van der Waals surface area contributed by atoms with Crippen LogP contribution in [0.1, 0.15) is 17.3 Å². The summed E-state index contributed by atoms with van der Waals surface area (Å²) in [6.07, 6.45) is 0. The highest BCUT2D eigenvalue weighted by Gasteiger charge is 2.26. The van der Waals surface area contributed by atoms with E-state index in [1.165, 1.54) is 0 Å². The van der Waals surface area contributed by atoms with Gasteiger partial charge in [-0.05, 0) is 60.2 Å². The van der Waals surface area contributed by atoms with Gasteiger partial charge < -0.3 is 19.3 Å². The highest BCUT2D eigenvalue weighted by molar-refractivity contribution is 6.09. The Hall–Kier alpha value is -4.13. The molecule has 0 unspecified atom stereocenters. The van der Waals surface area contributed by atoms with E-state index in [-0.39, 0.29) is 5.91 Å². The number of piperazine rings is 1. The molecule has 0 N–H and O–H groups in total. The summed E-state index contributed by atoms with van der Waals surface area (Å²) in [4.78, 5) is 17.7. The lowest BCUT2D eigenvalue weighted by Crippen LogP contribution is -2.49. The van der Waals surface area contributed by atoms with Crippen LogP contribution in [0.3, 0.4) is 0 Å². The Balaban J connectivity index is 1.29. The zero-order valence-corrected chi connectivity index (χ0v) is 20.0. The lowest BCUT2D eigenvalue weighted by molar-refractivity contribution is 0.0744. The molecule has 4 aromatic rings. The topological polar surface area (TPSA) is 67.8 Å². The van der Waals surface area contributed by atoms with Crippen LogP contribution in [0, 0.1) is 0 Å². The van der Waals surface area contributed by atoms with Crippen molar-refractivity contribution in [1.29, 1.82) is 0 Å². The molecular weight excluding hydrogens is 440 g/mol. The predicted molar refractivity (Wildman–Crippen MR) is 137 cm³/mol. The number of aromatic nitrogens is 2. The molecule has 1 saturated heterocycles. The first-order chi connectivity index (χ1) is 17.2. The van der Waals surface area contributed by atoms with Crippen molar-refractivity contribution in [3.05, 3.63) is 78.4 Å². The normalized spacial score (nSPS) is 13.7. The molecule has 1 aliphatic rings. The van der Waals surface area contributed by atoms with E-state index in [0.29, 0.717) is 44.1 Å². The second kappa shape index (κ2) is 10.0. The number of anilines is 1. The molecule has 7 heteroatoms. The van der Waals surface area contributed by atoms with E-state index in [4.69, 9.17) is 9.47 Å². The van der Waals surface area contributed by atoms with E-state index in [1.807, 2.05) is 84.6 Å². The van der Waals surface area contributed by atoms with Gasteiger partial charge in [0.15, 0.2) is 5.82 Å². The first-order valence-electron chi connectivity index (χ1n) is 11.8. The number of hydrogen-bond donors (Lipinski definition) is 0. The third kappa shape index (κ3) is 4.62. The van der Waals surface area contributed by atoms with Crippen molar-refractivity contribution >= 4 is 22.5 Å². The minimum atomic E-state index is 0.00541. The molecule has 0 radical (unpaired) electrons. The number of ether oxygens (including phenoxy) is 2. The maximum absolute atomic E-state index is 13.6. The van der Waals surface area contributed by atoms with Gasteiger partial charge in [-0.3, -0.25) is 4.79 Å². The van der Waals surface area contributed by atoms with Crippen molar-refractivity contribution in [3.8, 4) is 22.8 Å². The molecule has 1 aliphatic heterocycles. The first-order valence-corrected chi connectivity index (χ1v) is 11.8. The van der Waals surface area contributed by atoms with Crippen LogP contribution in [0.2, 0.25) is 0 Å². The molecule has 1 fully saturated rings. The van der Waals surface area contributed by atoms with Crippen LogP contribution in [0.25, 0.3) is 22.0 Å². The van der Waals surface area contributed by atoms with Crippen LogP contribution < -0.4 is 14.4 Å². The van der Waals surface area contributed by atoms with Crippen molar-refractivity contribution in [2.24, 2.45) is 0 Å². The van der Waals surface area contributed by atoms with E-state index < -0.39 is 0 Å². The standard InChI is InChI=1S/C28H28N4O3/c1-3-35-25-14-10-20-6-4-5-7-23(20)27(25)28(33)32-18-16-31(17-19-32)26-15-13-24(29-30-26)21-8-11-22(34-2)12-9-21/h4-15H,3,16-19H2,1-2H3. The summed E-state index contributed by atoms with van der Waals surface area (Å²) < 4.78 is 11.0. The third-order valence-electron chi connectivity index (χ3n) is 6.33. The van der Waals surface area contributed by atoms with E-state index in [2.05, 4.69) is 15.1 Å². The SMILES string of the molecule is CCOc1ccc2ccccc2c1C(=O)N1CCN(c2ccc(-c3ccc(OC)cc3)nn2)CC1. The number of nitrogens with zero attached hydrogens (tertiary/aromatic N) is 4. The molecule has 3 aromatic carbocycles. The molecule has 5 rings (SSSR count). The Bertz CT molecular complexity index is 1310. The number of rotatable bonds is 6. The number of carbonyl (C=O) groups is 1. The number of methoxy groups -OCH3 is 1. The van der Waals surface area contributed by atoms with Crippen molar-refractivity contribution in [1.82, 2.24) is 15.1 Å². The first kappa shape index (κ1) is 22.7. The number of amides is 1. The molecule has 0 saturated carbocycles. The molecule has 35 heavy (non-hydrogen) atoms. The van der Waals surface area contributed by atoms with Gasteiger partial charge in [-0.1, -0.05) is 30.3 Å². The molecule has 0 aliphatic carbocycles. The molecule has 0 atom stereocenters. The summed E-state index contributed by atoms with van der Waals surface area (Å²) in [7, 11) is 1.65. The van der Waals surface area contributed by atoms with Gasteiger partial charge in [0.2, 0.25) is 0 Å². The smallest absolute Gasteiger partial charge is 0.258 e. The fourth-order valence-corrected chi connectivity index (χ4v) is 4.45. The van der Waals surface area contributed by atoms with E-state index in [1.54, 1.807) is 7.11 Å². The van der Waals surface area contributed by atoms with Gasteiger partial charge in [-0.15, -0.1) is 10.2 Å². The van der Waals surface area contributed by atoms with Crippen LogP contribution in [0.5, 0.6) is 11.5 Å². The lowest BCUT2D eigenvalue weighted by atomic mass is 10.0. The van der Waals surface area contributed by atoms with Crippen molar-refractivity contribution in [2.45, 2.75) is 6.92 Å². The number of benzene rings is 3. The molecule has 0 bridgehead atoms. The van der Waals surface area contributed by atoms with Gasteiger partial charge >= 0.3 is 0 Å². The van der Waals surface area contributed by atoms with Gasteiger partial charge in [0.1, 0.15) is 11.5 Å². The zero-order valence-electron chi connectivity index (χ0n) is 20.0. The minimum absolute atomic E-state index is 0.00541. The van der Waals surface area contributed by atoms with Crippen LogP contribution in [-0.2, 0) is 0 Å². The average molecular weight is 469 g/mol. The van der Waals surface area contributed by atoms with Gasteiger partial charge in [-0.25, -0.2) is 0 Å². The zero-order chi connectivity index (χ0) is 24.2. The molecular formula is C28H28N4O3. The lowest BCUT2D eigenvalue weighted by Gasteiger charge is -2.35. The van der Waals surface area contributed by atoms with Crippen LogP contribution in [0.4, 0.5) is 5.82 Å². The summed E-state index contributed by atoms with van der Waals surface area (Å²) >= 11 is 0. The highest BCUT2D eigenvalue weighted by Crippen LogP contribution is 2.30. The summed E-state index contributed by atoms with van der Waals surface area (Å²) in [5.41, 5.74) is 2.44. The fourth-order valence-electron chi connectivity index (χ4n) is 4.45. The Morgan fingerprint density at radius 1 is 0.886 bits per heavy atom. The summed E-state index contributed by atoms with van der Waals surface area (Å²) in [5, 5.41) is 10.8. The van der Waals surface area contributed by atoms with Gasteiger partial charge in [0, 0.05) is 31.7 Å². The molecule has 178 valence electrons. The minimum Gasteiger partial charge on any atom is -0.497 e. The third-order valence-corrected chi connectivity index (χ3v) is 6.33. The summed E-state index contributed by atoms with van der Waals surface area (Å²) in [6, 6.07) is 23.6. The maximum atomic E-state index is 13.6. The van der Waals surface area contributed by atoms with Gasteiger partial charge in [0.25, 0.3) is 5.91 Å². The molecule has 7 nitrogen and oxygen atoms in total. The quantitative estimate of drug-likeness (QED) is 0.410. The summed E-state index contributed by atoms with van der Waals surface area (Å²) in [5.74, 6) is 2.27. The second-order valence-corrected chi connectivity index (χ2v) is 8.38. The van der Waals surface area contributed by atoms with Gasteiger partial charge in [-0.2, -0.15) is 0 Å².